The first-order valence-electron chi connectivity index (χ1n) is 11.8. The number of hydrogen-bond donors (Lipinski definition) is 1. The molecule has 9 heteroatoms. The number of carbonyl (C=O) groups excluding carboxylic acids is 2. The maximum atomic E-state index is 13.9. The van der Waals surface area contributed by atoms with Gasteiger partial charge in [0.2, 0.25) is 5.91 Å². The normalized spacial score (nSPS) is 19.4. The zero-order chi connectivity index (χ0) is 26.5. The summed E-state index contributed by atoms with van der Waals surface area (Å²) in [4.78, 5) is 27.8. The molecule has 0 radical (unpaired) electrons. The maximum absolute atomic E-state index is 13.9. The molecule has 2 heterocycles. The van der Waals surface area contributed by atoms with E-state index in [0.29, 0.717) is 29.4 Å². The Morgan fingerprint density at radius 2 is 1.65 bits per heavy atom. The molecule has 4 aromatic rings. The molecule has 2 atom stereocenters. The van der Waals surface area contributed by atoms with Crippen LogP contribution in [0, 0.1) is 11.2 Å². The third-order valence-electron chi connectivity index (χ3n) is 6.87. The Labute approximate surface area is 211 Å². The molecule has 37 heavy (non-hydrogen) atoms. The number of benzene rings is 3. The van der Waals surface area contributed by atoms with Gasteiger partial charge in [0, 0.05) is 18.0 Å². The smallest absolute Gasteiger partial charge is 0.321 e. The molecule has 190 valence electrons. The first-order chi connectivity index (χ1) is 17.5. The van der Waals surface area contributed by atoms with Crippen LogP contribution in [0.5, 0.6) is 0 Å². The van der Waals surface area contributed by atoms with Crippen molar-refractivity contribution in [3.63, 3.8) is 0 Å². The summed E-state index contributed by atoms with van der Waals surface area (Å²) < 4.78 is 42.9. The van der Waals surface area contributed by atoms with Gasteiger partial charge in [-0.05, 0) is 61.9 Å². The summed E-state index contributed by atoms with van der Waals surface area (Å²) in [5, 5.41) is 7.67. The lowest BCUT2D eigenvalue weighted by molar-refractivity contribution is -0.144. The fourth-order valence-electron chi connectivity index (χ4n) is 4.86. The summed E-state index contributed by atoms with van der Waals surface area (Å²) in [6, 6.07) is 18.6. The van der Waals surface area contributed by atoms with Crippen molar-refractivity contribution in [1.29, 1.82) is 0 Å². The summed E-state index contributed by atoms with van der Waals surface area (Å²) in [6.07, 6.45) is 1.67. The van der Waals surface area contributed by atoms with Gasteiger partial charge < -0.3 is 10.2 Å². The molecule has 1 saturated heterocycles. The molecule has 1 fully saturated rings. The molecule has 0 saturated carbocycles. The molecule has 0 aliphatic carbocycles. The van der Waals surface area contributed by atoms with Crippen LogP contribution < -0.4 is 10.2 Å². The number of alkyl halides is 2. The van der Waals surface area contributed by atoms with Crippen LogP contribution in [0.25, 0.3) is 16.6 Å². The van der Waals surface area contributed by atoms with Gasteiger partial charge in [0.05, 0.1) is 34.9 Å². The molecule has 0 bridgehead atoms. The van der Waals surface area contributed by atoms with E-state index in [0.717, 1.165) is 5.39 Å². The highest BCUT2D eigenvalue weighted by atomic mass is 19.3. The second-order valence-electron chi connectivity index (χ2n) is 9.87. The lowest BCUT2D eigenvalue weighted by atomic mass is 9.82. The number of carbonyl (C=O) groups is 2. The molecular weight excluding hydrogens is 481 g/mol. The Morgan fingerprint density at radius 3 is 2.30 bits per heavy atom. The van der Waals surface area contributed by atoms with Crippen LogP contribution in [-0.2, 0) is 9.59 Å². The first-order valence-corrected chi connectivity index (χ1v) is 11.8. The topological polar surface area (TPSA) is 67.2 Å². The Kier molecular flexibility index (Phi) is 5.81. The van der Waals surface area contributed by atoms with Gasteiger partial charge in [-0.15, -0.1) is 0 Å². The number of amides is 2. The van der Waals surface area contributed by atoms with Crippen LogP contribution in [0.15, 0.2) is 79.0 Å². The van der Waals surface area contributed by atoms with Crippen LogP contribution in [0.4, 0.5) is 18.9 Å². The second-order valence-corrected chi connectivity index (χ2v) is 9.87. The Hall–Kier alpha value is -4.14. The molecular formula is C28H25F3N4O2. The number of nitrogens with one attached hydrogen (secondary N) is 1. The lowest BCUT2D eigenvalue weighted by Gasteiger charge is -2.31. The maximum Gasteiger partial charge on any atom is 0.321 e. The summed E-state index contributed by atoms with van der Waals surface area (Å²) in [5.41, 5.74) is 1.33. The number of fused-ring (bicyclic) bond motifs is 1. The second kappa shape index (κ2) is 8.76. The van der Waals surface area contributed by atoms with Crippen molar-refractivity contribution in [2.45, 2.75) is 38.8 Å². The van der Waals surface area contributed by atoms with Crippen LogP contribution >= 0.6 is 0 Å². The van der Waals surface area contributed by atoms with Crippen LogP contribution in [0.1, 0.15) is 32.4 Å². The molecule has 0 unspecified atom stereocenters. The molecule has 5 rings (SSSR count). The number of halogens is 3. The van der Waals surface area contributed by atoms with E-state index in [2.05, 4.69) is 10.4 Å². The van der Waals surface area contributed by atoms with Gasteiger partial charge in [-0.1, -0.05) is 30.3 Å². The molecule has 1 aliphatic rings. The van der Waals surface area contributed by atoms with Crippen molar-refractivity contribution in [2.75, 3.05) is 4.90 Å². The van der Waals surface area contributed by atoms with Gasteiger partial charge in [0.15, 0.2) is 0 Å². The zero-order valence-electron chi connectivity index (χ0n) is 20.5. The summed E-state index contributed by atoms with van der Waals surface area (Å²) >= 11 is 0. The number of hydrogen-bond acceptors (Lipinski definition) is 3. The minimum Gasteiger partial charge on any atom is -0.345 e. The fourth-order valence-corrected chi connectivity index (χ4v) is 4.86. The molecule has 6 nitrogen and oxygen atoms in total. The van der Waals surface area contributed by atoms with E-state index in [4.69, 9.17) is 0 Å². The average Bonchev–Trinajstić information content (AvgIpc) is 3.36. The van der Waals surface area contributed by atoms with Gasteiger partial charge in [-0.2, -0.15) is 13.9 Å². The van der Waals surface area contributed by atoms with Gasteiger partial charge in [-0.25, -0.2) is 9.07 Å². The van der Waals surface area contributed by atoms with Crippen LogP contribution in [0.3, 0.4) is 0 Å². The number of aromatic nitrogens is 2. The van der Waals surface area contributed by atoms with Crippen molar-refractivity contribution in [3.05, 3.63) is 90.4 Å². The van der Waals surface area contributed by atoms with Crippen LogP contribution in [-0.4, -0.2) is 33.6 Å². The number of anilines is 1. The third-order valence-corrected chi connectivity index (χ3v) is 6.87. The van der Waals surface area contributed by atoms with E-state index in [1.165, 1.54) is 12.1 Å². The lowest BCUT2D eigenvalue weighted by Crippen LogP contribution is -2.51. The molecule has 3 aromatic carbocycles. The van der Waals surface area contributed by atoms with E-state index in [9.17, 15) is 22.8 Å². The standard InChI is InChI=1S/C28H25F3N4O2/c1-27(2)24(33-25(36)28(3,30)31)23(17-7-5-4-6-8-17)34(26(27)37)21-12-9-18-16-32-35(22(18)15-21)20-13-10-19(29)11-14-20/h4-16,23-24H,1-3H3,(H,33,36)/t23-,24-/m0/s1. The van der Waals surface area contributed by atoms with E-state index in [1.807, 2.05) is 12.1 Å². The van der Waals surface area contributed by atoms with E-state index in [1.54, 1.807) is 78.2 Å². The van der Waals surface area contributed by atoms with Crippen molar-refractivity contribution in [2.24, 2.45) is 5.41 Å². The summed E-state index contributed by atoms with van der Waals surface area (Å²) in [7, 11) is 0. The largest absolute Gasteiger partial charge is 0.345 e. The monoisotopic (exact) mass is 506 g/mol. The molecule has 0 spiro atoms. The molecule has 2 amide bonds. The first kappa shape index (κ1) is 24.5. The Balaban J connectivity index is 1.65. The summed E-state index contributed by atoms with van der Waals surface area (Å²) in [6.45, 7) is 3.82. The quantitative estimate of drug-likeness (QED) is 0.393. The Bertz CT molecular complexity index is 1480. The van der Waals surface area contributed by atoms with E-state index in [-0.39, 0.29) is 11.7 Å². The Morgan fingerprint density at radius 1 is 1.00 bits per heavy atom. The van der Waals surface area contributed by atoms with Crippen molar-refractivity contribution in [1.82, 2.24) is 15.1 Å². The van der Waals surface area contributed by atoms with Gasteiger partial charge in [0.1, 0.15) is 5.82 Å². The SMILES string of the molecule is CC(F)(F)C(=O)N[C@H]1[C@H](c2ccccc2)N(c2ccc3cnn(-c4ccc(F)cc4)c3c2)C(=O)C1(C)C. The highest BCUT2D eigenvalue weighted by molar-refractivity contribution is 6.03. The van der Waals surface area contributed by atoms with E-state index >= 15 is 0 Å². The minimum atomic E-state index is -3.60. The highest BCUT2D eigenvalue weighted by Gasteiger charge is 2.56. The number of nitrogens with zero attached hydrogens (tertiary/aromatic N) is 3. The highest BCUT2D eigenvalue weighted by Crippen LogP contribution is 2.47. The predicted molar refractivity (Wildman–Crippen MR) is 134 cm³/mol. The van der Waals surface area contributed by atoms with Crippen LogP contribution in [0.2, 0.25) is 0 Å². The summed E-state index contributed by atoms with van der Waals surface area (Å²) in [5.74, 6) is -5.74. The fraction of sp³-hybridized carbons (Fsp3) is 0.250. The third kappa shape index (κ3) is 4.24. The predicted octanol–water partition coefficient (Wildman–Crippen LogP) is 5.42. The van der Waals surface area contributed by atoms with Crippen molar-refractivity contribution in [3.8, 4) is 5.69 Å². The molecule has 1 aliphatic heterocycles. The van der Waals surface area contributed by atoms with Gasteiger partial charge in [0.25, 0.3) is 5.91 Å². The van der Waals surface area contributed by atoms with Gasteiger partial charge in [-0.3, -0.25) is 9.59 Å². The van der Waals surface area contributed by atoms with Gasteiger partial charge >= 0.3 is 5.92 Å². The minimum absolute atomic E-state index is 0.321. The van der Waals surface area contributed by atoms with Crippen molar-refractivity contribution >= 4 is 28.4 Å². The molecule has 1 aromatic heterocycles. The average molecular weight is 507 g/mol. The number of rotatable bonds is 5. The zero-order valence-corrected chi connectivity index (χ0v) is 20.5. The van der Waals surface area contributed by atoms with Crippen molar-refractivity contribution < 1.29 is 22.8 Å². The molecule has 1 N–H and O–H groups in total. The van der Waals surface area contributed by atoms with E-state index < -0.39 is 29.3 Å².